The Bertz CT molecular complexity index is 263. The topological polar surface area (TPSA) is 161 Å². The van der Waals surface area contributed by atoms with Gasteiger partial charge in [-0.05, 0) is 6.42 Å². The molecule has 0 rings (SSSR count). The maximum atomic E-state index is 9.79. The van der Waals surface area contributed by atoms with Crippen LogP contribution in [0.3, 0.4) is 0 Å². The van der Waals surface area contributed by atoms with Crippen LogP contribution in [-0.2, 0) is 19.2 Å². The molecule has 0 radical (unpaired) electrons. The average Bonchev–Trinajstić information content (AvgIpc) is 2.29. The molecule has 6 N–H and O–H groups in total. The summed E-state index contributed by atoms with van der Waals surface area (Å²) in [5, 5.41) is 16.1. The molecule has 0 aliphatic heterocycles. The highest BCUT2D eigenvalue weighted by Crippen LogP contribution is 1.93. The molecule has 112 valence electrons. The summed E-state index contributed by atoms with van der Waals surface area (Å²) in [6, 6.07) is 0. The van der Waals surface area contributed by atoms with Gasteiger partial charge in [0.25, 0.3) is 0 Å². The molecule has 8 nitrogen and oxygen atoms in total. The van der Waals surface area contributed by atoms with Gasteiger partial charge in [0.2, 0.25) is 11.8 Å². The first-order chi connectivity index (χ1) is 8.67. The molecule has 2 amide bonds. The van der Waals surface area contributed by atoms with Crippen LogP contribution < -0.4 is 11.5 Å². The van der Waals surface area contributed by atoms with Crippen molar-refractivity contribution in [3.63, 3.8) is 0 Å². The van der Waals surface area contributed by atoms with E-state index in [4.69, 9.17) is 10.2 Å². The summed E-state index contributed by atoms with van der Waals surface area (Å²) in [4.78, 5) is 38.8. The number of carbonyl (C=O) groups excluding carboxylic acids is 2. The van der Waals surface area contributed by atoms with Crippen LogP contribution in [0.2, 0.25) is 0 Å². The monoisotopic (exact) mass is 278 g/mol. The average molecular weight is 278 g/mol. The Kier molecular flexibility index (Phi) is 18.5. The number of hydrogen-bond acceptors (Lipinski definition) is 4. The van der Waals surface area contributed by atoms with Crippen LogP contribution in [0.15, 0.2) is 0 Å². The maximum Gasteiger partial charge on any atom is 0.303 e. The lowest BCUT2D eigenvalue weighted by molar-refractivity contribution is -0.138. The largest absolute Gasteiger partial charge is 0.481 e. The Balaban J connectivity index is -0.000000219. The summed E-state index contributed by atoms with van der Waals surface area (Å²) < 4.78 is 0. The van der Waals surface area contributed by atoms with Gasteiger partial charge in [0.1, 0.15) is 0 Å². The SMILES string of the molecule is CCC(N)=O.CCC(N)=O.O=C(O)CCCC(=O)O. The van der Waals surface area contributed by atoms with Crippen molar-refractivity contribution >= 4 is 23.8 Å². The Labute approximate surface area is 111 Å². The molecular weight excluding hydrogens is 256 g/mol. The molecule has 0 aliphatic rings. The van der Waals surface area contributed by atoms with Crippen LogP contribution in [0.25, 0.3) is 0 Å². The second-order valence-corrected chi connectivity index (χ2v) is 3.28. The third-order valence-electron chi connectivity index (χ3n) is 1.48. The molecule has 0 heterocycles. The zero-order chi connectivity index (χ0) is 15.8. The summed E-state index contributed by atoms with van der Waals surface area (Å²) in [5.41, 5.74) is 9.31. The summed E-state index contributed by atoms with van der Waals surface area (Å²) in [5.74, 6) is -2.39. The van der Waals surface area contributed by atoms with Gasteiger partial charge < -0.3 is 21.7 Å². The summed E-state index contributed by atoms with van der Waals surface area (Å²) in [6.07, 6.45) is 0.975. The van der Waals surface area contributed by atoms with E-state index in [2.05, 4.69) is 11.5 Å². The molecule has 8 heteroatoms. The van der Waals surface area contributed by atoms with E-state index in [9.17, 15) is 19.2 Å². The fourth-order valence-corrected chi connectivity index (χ4v) is 0.391. The fourth-order valence-electron chi connectivity index (χ4n) is 0.391. The molecule has 0 aromatic carbocycles. The highest BCUT2D eigenvalue weighted by Gasteiger charge is 1.99. The van der Waals surface area contributed by atoms with Crippen molar-refractivity contribution in [3.05, 3.63) is 0 Å². The smallest absolute Gasteiger partial charge is 0.303 e. The molecular formula is C11H22N2O6. The van der Waals surface area contributed by atoms with E-state index in [1.165, 1.54) is 0 Å². The van der Waals surface area contributed by atoms with Crippen molar-refractivity contribution in [1.82, 2.24) is 0 Å². The van der Waals surface area contributed by atoms with Crippen molar-refractivity contribution < 1.29 is 29.4 Å². The van der Waals surface area contributed by atoms with E-state index in [-0.39, 0.29) is 31.1 Å². The highest BCUT2D eigenvalue weighted by molar-refractivity contribution is 5.73. The summed E-state index contributed by atoms with van der Waals surface area (Å²) in [7, 11) is 0. The van der Waals surface area contributed by atoms with E-state index in [1.807, 2.05) is 0 Å². The molecule has 0 saturated heterocycles. The van der Waals surface area contributed by atoms with E-state index >= 15 is 0 Å². The van der Waals surface area contributed by atoms with Crippen molar-refractivity contribution in [2.24, 2.45) is 11.5 Å². The van der Waals surface area contributed by atoms with Gasteiger partial charge in [0, 0.05) is 25.7 Å². The predicted molar refractivity (Wildman–Crippen MR) is 68.1 cm³/mol. The van der Waals surface area contributed by atoms with Crippen LogP contribution in [0.5, 0.6) is 0 Å². The van der Waals surface area contributed by atoms with Crippen LogP contribution in [0.1, 0.15) is 46.0 Å². The molecule has 0 aromatic rings. The van der Waals surface area contributed by atoms with Crippen LogP contribution in [-0.4, -0.2) is 34.0 Å². The number of amides is 2. The number of primary amides is 2. The third-order valence-corrected chi connectivity index (χ3v) is 1.48. The molecule has 0 bridgehead atoms. The Morgan fingerprint density at radius 3 is 1.11 bits per heavy atom. The van der Waals surface area contributed by atoms with Gasteiger partial charge in [0.15, 0.2) is 0 Å². The maximum absolute atomic E-state index is 9.79. The first-order valence-corrected chi connectivity index (χ1v) is 5.67. The predicted octanol–water partition coefficient (Wildman–Crippen LogP) is 0.0893. The lowest BCUT2D eigenvalue weighted by Gasteiger charge is -1.89. The van der Waals surface area contributed by atoms with E-state index in [0.717, 1.165) is 0 Å². The minimum Gasteiger partial charge on any atom is -0.481 e. The number of carboxylic acid groups (broad SMARTS) is 2. The highest BCUT2D eigenvalue weighted by atomic mass is 16.4. The molecule has 0 saturated carbocycles. The van der Waals surface area contributed by atoms with Gasteiger partial charge in [-0.1, -0.05) is 13.8 Å². The van der Waals surface area contributed by atoms with E-state index in [0.29, 0.717) is 12.8 Å². The molecule has 0 atom stereocenters. The van der Waals surface area contributed by atoms with Crippen molar-refractivity contribution in [3.8, 4) is 0 Å². The standard InChI is InChI=1S/C5H8O4.2C3H7NO/c6-4(7)2-1-3-5(8)9;2*1-2-3(4)5/h1-3H2,(H,6,7)(H,8,9);2*2H2,1H3,(H2,4,5). The van der Waals surface area contributed by atoms with Gasteiger partial charge >= 0.3 is 11.9 Å². The van der Waals surface area contributed by atoms with Crippen molar-refractivity contribution in [2.45, 2.75) is 46.0 Å². The van der Waals surface area contributed by atoms with Gasteiger partial charge in [-0.25, -0.2) is 0 Å². The molecule has 0 aromatic heterocycles. The number of hydrogen-bond donors (Lipinski definition) is 4. The molecule has 0 aliphatic carbocycles. The van der Waals surface area contributed by atoms with Crippen LogP contribution in [0, 0.1) is 0 Å². The minimum absolute atomic E-state index is 0.0632. The third kappa shape index (κ3) is 49.3. The van der Waals surface area contributed by atoms with E-state index in [1.54, 1.807) is 13.8 Å². The van der Waals surface area contributed by atoms with Crippen LogP contribution >= 0.6 is 0 Å². The zero-order valence-corrected chi connectivity index (χ0v) is 11.2. The second kappa shape index (κ2) is 15.9. The van der Waals surface area contributed by atoms with Crippen molar-refractivity contribution in [2.75, 3.05) is 0 Å². The zero-order valence-electron chi connectivity index (χ0n) is 11.2. The number of nitrogens with two attached hydrogens (primary N) is 2. The van der Waals surface area contributed by atoms with Crippen molar-refractivity contribution in [1.29, 1.82) is 0 Å². The lowest BCUT2D eigenvalue weighted by Crippen LogP contribution is -2.06. The molecule has 0 unspecified atom stereocenters. The number of rotatable bonds is 6. The normalized spacial score (nSPS) is 8.11. The van der Waals surface area contributed by atoms with Gasteiger partial charge in [-0.15, -0.1) is 0 Å². The lowest BCUT2D eigenvalue weighted by atomic mass is 10.2. The Hall–Kier alpha value is -2.12. The quantitative estimate of drug-likeness (QED) is 0.538. The summed E-state index contributed by atoms with van der Waals surface area (Å²) >= 11 is 0. The molecule has 0 fully saturated rings. The first-order valence-electron chi connectivity index (χ1n) is 5.67. The Morgan fingerprint density at radius 1 is 0.789 bits per heavy atom. The molecule has 19 heavy (non-hydrogen) atoms. The number of aliphatic carboxylic acids is 2. The Morgan fingerprint density at radius 2 is 1.00 bits per heavy atom. The van der Waals surface area contributed by atoms with E-state index < -0.39 is 11.9 Å². The minimum atomic E-state index is -0.948. The fraction of sp³-hybridized carbons (Fsp3) is 0.636. The molecule has 0 spiro atoms. The van der Waals surface area contributed by atoms with Gasteiger partial charge in [-0.2, -0.15) is 0 Å². The van der Waals surface area contributed by atoms with Gasteiger partial charge in [-0.3, -0.25) is 19.2 Å². The second-order valence-electron chi connectivity index (χ2n) is 3.28. The first kappa shape index (κ1) is 22.1. The summed E-state index contributed by atoms with van der Waals surface area (Å²) in [6.45, 7) is 3.45. The number of carbonyl (C=O) groups is 4. The number of carboxylic acids is 2. The van der Waals surface area contributed by atoms with Crippen LogP contribution in [0.4, 0.5) is 0 Å². The van der Waals surface area contributed by atoms with Gasteiger partial charge in [0.05, 0.1) is 0 Å².